The Labute approximate surface area is 174 Å². The van der Waals surface area contributed by atoms with Crippen LogP contribution < -0.4 is 0 Å². The van der Waals surface area contributed by atoms with Gasteiger partial charge in [-0.15, -0.1) is 0 Å². The van der Waals surface area contributed by atoms with Gasteiger partial charge in [-0.1, -0.05) is 113 Å². The van der Waals surface area contributed by atoms with Gasteiger partial charge in [-0.3, -0.25) is 0 Å². The van der Waals surface area contributed by atoms with E-state index in [1.165, 1.54) is 118 Å². The lowest BCUT2D eigenvalue weighted by molar-refractivity contribution is -0.903. The molecule has 0 N–H and O–H groups in total. The van der Waals surface area contributed by atoms with E-state index < -0.39 is 0 Å². The van der Waals surface area contributed by atoms with E-state index >= 15 is 0 Å². The normalized spacial score (nSPS) is 11.9. The molecule has 1 nitrogen and oxygen atoms in total. The van der Waals surface area contributed by atoms with Gasteiger partial charge in [-0.25, -0.2) is 0 Å². The fraction of sp³-hybridized carbons (Fsp3) is 0.760. The number of benzene rings is 1. The van der Waals surface area contributed by atoms with Gasteiger partial charge in [0.05, 0.1) is 20.6 Å². The van der Waals surface area contributed by atoms with Crippen LogP contribution in [0.2, 0.25) is 6.04 Å². The average molecular weight is 391 g/mol. The summed E-state index contributed by atoms with van der Waals surface area (Å²) in [6.07, 6.45) is 20.5. The van der Waals surface area contributed by atoms with Crippen molar-refractivity contribution in [2.24, 2.45) is 0 Å². The third kappa shape index (κ3) is 15.0. The molecule has 27 heavy (non-hydrogen) atoms. The number of rotatable bonds is 18. The second kappa shape index (κ2) is 16.4. The molecule has 1 aromatic carbocycles. The van der Waals surface area contributed by atoms with Crippen molar-refractivity contribution in [3.63, 3.8) is 0 Å². The van der Waals surface area contributed by atoms with E-state index in [0.717, 1.165) is 11.0 Å². The van der Waals surface area contributed by atoms with Crippen LogP contribution in [0.25, 0.3) is 0 Å². The van der Waals surface area contributed by atoms with Gasteiger partial charge in [0.25, 0.3) is 0 Å². The van der Waals surface area contributed by atoms with Crippen LogP contribution in [-0.4, -0.2) is 35.4 Å². The Hall–Kier alpha value is -0.603. The van der Waals surface area contributed by atoms with Crippen LogP contribution in [-0.2, 0) is 6.54 Å². The minimum atomic E-state index is 1.12. The lowest BCUT2D eigenvalue weighted by Gasteiger charge is -2.30. The van der Waals surface area contributed by atoms with Gasteiger partial charge in [0.1, 0.15) is 6.54 Å². The van der Waals surface area contributed by atoms with Crippen LogP contribution >= 0.6 is 0 Å². The molecule has 0 atom stereocenters. The Morgan fingerprint density at radius 3 is 1.44 bits per heavy atom. The van der Waals surface area contributed by atoms with Crippen LogP contribution in [0, 0.1) is 0 Å². The first-order valence-electron chi connectivity index (χ1n) is 12.0. The molecule has 0 aliphatic heterocycles. The second-order valence-corrected chi connectivity index (χ2v) is 10.3. The van der Waals surface area contributed by atoms with Gasteiger partial charge in [0.2, 0.25) is 0 Å². The molecule has 0 fully saturated rings. The molecule has 0 spiro atoms. The quantitative estimate of drug-likeness (QED) is 0.152. The predicted molar refractivity (Wildman–Crippen MR) is 127 cm³/mol. The SMILES string of the molecule is C[N+](C)(CCCCCCCCCCCCCCCC[SiH3])Cc1ccccc1. The number of unbranched alkanes of at least 4 members (excludes halogenated alkanes) is 13. The zero-order chi connectivity index (χ0) is 19.6. The smallest absolute Gasteiger partial charge is 0.104 e. The van der Waals surface area contributed by atoms with E-state index in [1.54, 1.807) is 0 Å². The zero-order valence-electron chi connectivity index (χ0n) is 18.9. The van der Waals surface area contributed by atoms with Crippen molar-refractivity contribution in [3.05, 3.63) is 35.9 Å². The summed E-state index contributed by atoms with van der Waals surface area (Å²) in [4.78, 5) is 0. The summed E-state index contributed by atoms with van der Waals surface area (Å²) >= 11 is 0. The van der Waals surface area contributed by atoms with E-state index in [-0.39, 0.29) is 0 Å². The molecular weight excluding hydrogens is 342 g/mol. The molecule has 0 aliphatic carbocycles. The first-order chi connectivity index (χ1) is 13.1. The van der Waals surface area contributed by atoms with Gasteiger partial charge in [-0.05, 0) is 12.8 Å². The second-order valence-electron chi connectivity index (χ2n) is 9.25. The highest BCUT2D eigenvalue weighted by atomic mass is 28.1. The molecule has 156 valence electrons. The third-order valence-electron chi connectivity index (χ3n) is 5.82. The predicted octanol–water partition coefficient (Wildman–Crippen LogP) is 6.51. The van der Waals surface area contributed by atoms with Crippen LogP contribution in [0.3, 0.4) is 0 Å². The lowest BCUT2D eigenvalue weighted by atomic mass is 10.0. The summed E-state index contributed by atoms with van der Waals surface area (Å²) in [6.45, 7) is 2.45. The molecule has 0 radical (unpaired) electrons. The molecule has 0 bridgehead atoms. The third-order valence-corrected chi connectivity index (χ3v) is 6.53. The maximum atomic E-state index is 2.37. The first-order valence-corrected chi connectivity index (χ1v) is 13.4. The Morgan fingerprint density at radius 1 is 0.593 bits per heavy atom. The minimum Gasteiger partial charge on any atom is -0.325 e. The highest BCUT2D eigenvalue weighted by Crippen LogP contribution is 2.15. The highest BCUT2D eigenvalue weighted by Gasteiger charge is 2.14. The fourth-order valence-electron chi connectivity index (χ4n) is 4.07. The van der Waals surface area contributed by atoms with Crippen molar-refractivity contribution >= 4 is 10.2 Å². The van der Waals surface area contributed by atoms with E-state index in [4.69, 9.17) is 0 Å². The summed E-state index contributed by atoms with van der Waals surface area (Å²) in [5.74, 6) is 0. The number of hydrogen-bond acceptors (Lipinski definition) is 0. The average Bonchev–Trinajstić information content (AvgIpc) is 2.65. The maximum Gasteiger partial charge on any atom is 0.104 e. The number of quaternary nitrogens is 1. The summed E-state index contributed by atoms with van der Waals surface area (Å²) in [5, 5.41) is 0. The van der Waals surface area contributed by atoms with Gasteiger partial charge in [-0.2, -0.15) is 0 Å². The molecule has 1 aromatic rings. The maximum absolute atomic E-state index is 2.37. The van der Waals surface area contributed by atoms with Crippen molar-refractivity contribution in [2.75, 3.05) is 20.6 Å². The zero-order valence-corrected chi connectivity index (χ0v) is 20.9. The van der Waals surface area contributed by atoms with Gasteiger partial charge >= 0.3 is 0 Å². The summed E-state index contributed by atoms with van der Waals surface area (Å²) < 4.78 is 1.12. The summed E-state index contributed by atoms with van der Waals surface area (Å²) in [7, 11) is 6.15. The van der Waals surface area contributed by atoms with Crippen molar-refractivity contribution in [1.82, 2.24) is 0 Å². The van der Waals surface area contributed by atoms with Gasteiger partial charge in [0.15, 0.2) is 0 Å². The molecule has 0 heterocycles. The minimum absolute atomic E-state index is 1.12. The number of nitrogens with zero attached hydrogens (tertiary/aromatic N) is 1. The van der Waals surface area contributed by atoms with E-state index in [1.807, 2.05) is 0 Å². The largest absolute Gasteiger partial charge is 0.325 e. The van der Waals surface area contributed by atoms with Crippen molar-refractivity contribution < 1.29 is 4.48 Å². The van der Waals surface area contributed by atoms with Gasteiger partial charge in [0, 0.05) is 15.8 Å². The molecule has 0 amide bonds. The van der Waals surface area contributed by atoms with E-state index in [9.17, 15) is 0 Å². The Kier molecular flexibility index (Phi) is 14.8. The Balaban J connectivity index is 1.85. The molecule has 0 aromatic heterocycles. The monoisotopic (exact) mass is 390 g/mol. The Morgan fingerprint density at radius 2 is 1.00 bits per heavy atom. The standard InChI is InChI=1S/C25H48NSi/c1-26(2,24-25-20-16-15-17-21-25)22-18-13-11-9-7-5-3-4-6-8-10-12-14-19-23-27/h15-17,20-21H,3-14,18-19,22-24H2,1-2,27H3/q+1. The first kappa shape index (κ1) is 24.4. The van der Waals surface area contributed by atoms with Crippen molar-refractivity contribution in [2.45, 2.75) is 102 Å². The highest BCUT2D eigenvalue weighted by molar-refractivity contribution is 6.08. The van der Waals surface area contributed by atoms with Crippen molar-refractivity contribution in [3.8, 4) is 0 Å². The summed E-state index contributed by atoms with van der Waals surface area (Å²) in [6, 6.07) is 12.4. The molecular formula is C25H48NSi+. The topological polar surface area (TPSA) is 0 Å². The van der Waals surface area contributed by atoms with Crippen molar-refractivity contribution in [1.29, 1.82) is 0 Å². The van der Waals surface area contributed by atoms with Crippen LogP contribution in [0.15, 0.2) is 30.3 Å². The number of hydrogen-bond donors (Lipinski definition) is 0. The molecule has 2 heteroatoms. The van der Waals surface area contributed by atoms with Crippen LogP contribution in [0.5, 0.6) is 0 Å². The van der Waals surface area contributed by atoms with Crippen LogP contribution in [0.4, 0.5) is 0 Å². The molecule has 0 unspecified atom stereocenters. The van der Waals surface area contributed by atoms with Gasteiger partial charge < -0.3 is 4.48 Å². The molecule has 0 aliphatic rings. The summed E-state index contributed by atoms with van der Waals surface area (Å²) in [5.41, 5.74) is 1.46. The fourth-order valence-corrected chi connectivity index (χ4v) is 4.57. The molecule has 1 rings (SSSR count). The van der Waals surface area contributed by atoms with E-state index in [2.05, 4.69) is 44.4 Å². The Bertz CT molecular complexity index is 429. The lowest BCUT2D eigenvalue weighted by Crippen LogP contribution is -2.39. The molecule has 0 saturated heterocycles. The molecule has 0 saturated carbocycles. The van der Waals surface area contributed by atoms with Crippen LogP contribution in [0.1, 0.15) is 95.5 Å². The van der Waals surface area contributed by atoms with E-state index in [0.29, 0.717) is 0 Å².